The lowest BCUT2D eigenvalue weighted by atomic mass is 9.76. The molecule has 0 saturated heterocycles. The topological polar surface area (TPSA) is 66.4 Å². The molecule has 1 aliphatic carbocycles. The van der Waals surface area contributed by atoms with Crippen LogP contribution in [0.3, 0.4) is 0 Å². The number of carboxylic acid groups (broad SMARTS) is 1. The largest absolute Gasteiger partial charge is 0.481 e. The highest BCUT2D eigenvalue weighted by Crippen LogP contribution is 2.31. The standard InChI is InChI=1S/C16H29NO3/c1-11(2)16(4,15(19)20)9-14(18)17-10-13-7-5-6-12(3)8-13/h11-13H,5-10H2,1-4H3,(H,17,18)(H,19,20). The first kappa shape index (κ1) is 17.0. The van der Waals surface area contributed by atoms with Crippen molar-refractivity contribution in [3.05, 3.63) is 0 Å². The first-order valence-electron chi connectivity index (χ1n) is 7.75. The highest BCUT2D eigenvalue weighted by atomic mass is 16.4. The summed E-state index contributed by atoms with van der Waals surface area (Å²) in [5.74, 6) is 0.194. The number of carbonyl (C=O) groups is 2. The van der Waals surface area contributed by atoms with E-state index in [4.69, 9.17) is 0 Å². The molecular formula is C16H29NO3. The van der Waals surface area contributed by atoms with Gasteiger partial charge in [-0.1, -0.05) is 33.6 Å². The molecule has 1 saturated carbocycles. The number of amides is 1. The van der Waals surface area contributed by atoms with Gasteiger partial charge in [0.15, 0.2) is 0 Å². The summed E-state index contributed by atoms with van der Waals surface area (Å²) in [6.45, 7) is 8.31. The Morgan fingerprint density at radius 1 is 1.35 bits per heavy atom. The molecular weight excluding hydrogens is 254 g/mol. The summed E-state index contributed by atoms with van der Waals surface area (Å²) in [5, 5.41) is 12.3. The van der Waals surface area contributed by atoms with Crippen LogP contribution in [0.5, 0.6) is 0 Å². The third-order valence-electron chi connectivity index (χ3n) is 4.92. The van der Waals surface area contributed by atoms with Gasteiger partial charge in [-0.05, 0) is 37.5 Å². The molecule has 1 rings (SSSR count). The van der Waals surface area contributed by atoms with Crippen LogP contribution < -0.4 is 5.32 Å². The van der Waals surface area contributed by atoms with Gasteiger partial charge >= 0.3 is 5.97 Å². The van der Waals surface area contributed by atoms with E-state index in [-0.39, 0.29) is 18.2 Å². The smallest absolute Gasteiger partial charge is 0.310 e. The molecule has 0 radical (unpaired) electrons. The highest BCUT2D eigenvalue weighted by molar-refractivity contribution is 5.84. The normalized spacial score (nSPS) is 26.1. The van der Waals surface area contributed by atoms with E-state index in [2.05, 4.69) is 12.2 Å². The SMILES string of the molecule is CC1CCCC(CNC(=O)CC(C)(C(=O)O)C(C)C)C1. The number of nitrogens with one attached hydrogen (secondary N) is 1. The fraction of sp³-hybridized carbons (Fsp3) is 0.875. The molecule has 0 heterocycles. The van der Waals surface area contributed by atoms with Gasteiger partial charge < -0.3 is 10.4 Å². The molecule has 4 nitrogen and oxygen atoms in total. The lowest BCUT2D eigenvalue weighted by Crippen LogP contribution is -2.40. The molecule has 3 atom stereocenters. The quantitative estimate of drug-likeness (QED) is 0.787. The molecule has 2 N–H and O–H groups in total. The summed E-state index contributed by atoms with van der Waals surface area (Å²) >= 11 is 0. The van der Waals surface area contributed by atoms with Gasteiger partial charge in [-0.2, -0.15) is 0 Å². The molecule has 20 heavy (non-hydrogen) atoms. The Kier molecular flexibility index (Phi) is 6.03. The molecule has 4 heteroatoms. The first-order valence-corrected chi connectivity index (χ1v) is 7.75. The minimum atomic E-state index is -0.982. The monoisotopic (exact) mass is 283 g/mol. The zero-order chi connectivity index (χ0) is 15.3. The van der Waals surface area contributed by atoms with Crippen LogP contribution in [0.15, 0.2) is 0 Å². The van der Waals surface area contributed by atoms with Gasteiger partial charge in [0.2, 0.25) is 5.91 Å². The maximum absolute atomic E-state index is 12.0. The van der Waals surface area contributed by atoms with Crippen molar-refractivity contribution in [2.75, 3.05) is 6.54 Å². The molecule has 1 amide bonds. The van der Waals surface area contributed by atoms with E-state index >= 15 is 0 Å². The van der Waals surface area contributed by atoms with Crippen LogP contribution in [0.25, 0.3) is 0 Å². The number of hydrogen-bond donors (Lipinski definition) is 2. The number of aliphatic carboxylic acids is 1. The number of carbonyl (C=O) groups excluding carboxylic acids is 1. The summed E-state index contributed by atoms with van der Waals surface area (Å²) in [4.78, 5) is 23.4. The molecule has 0 aromatic heterocycles. The highest BCUT2D eigenvalue weighted by Gasteiger charge is 2.38. The lowest BCUT2D eigenvalue weighted by molar-refractivity contribution is -0.153. The van der Waals surface area contributed by atoms with Gasteiger partial charge in [0.1, 0.15) is 0 Å². The van der Waals surface area contributed by atoms with Gasteiger partial charge in [0.25, 0.3) is 0 Å². The number of hydrogen-bond acceptors (Lipinski definition) is 2. The Morgan fingerprint density at radius 2 is 2.00 bits per heavy atom. The van der Waals surface area contributed by atoms with E-state index in [9.17, 15) is 14.7 Å². The minimum absolute atomic E-state index is 0.0578. The van der Waals surface area contributed by atoms with Crippen molar-refractivity contribution in [1.82, 2.24) is 5.32 Å². The van der Waals surface area contributed by atoms with Crippen LogP contribution in [0.4, 0.5) is 0 Å². The van der Waals surface area contributed by atoms with Gasteiger partial charge in [-0.25, -0.2) is 0 Å². The zero-order valence-electron chi connectivity index (χ0n) is 13.2. The van der Waals surface area contributed by atoms with E-state index in [1.165, 1.54) is 25.7 Å². The summed E-state index contributed by atoms with van der Waals surface area (Å²) in [5.41, 5.74) is -0.982. The van der Waals surface area contributed by atoms with Crippen molar-refractivity contribution < 1.29 is 14.7 Å². The zero-order valence-corrected chi connectivity index (χ0v) is 13.2. The molecule has 0 aliphatic heterocycles. The molecule has 1 fully saturated rings. The predicted molar refractivity (Wildman–Crippen MR) is 79.3 cm³/mol. The lowest BCUT2D eigenvalue weighted by Gasteiger charge is -2.30. The number of rotatable bonds is 6. The van der Waals surface area contributed by atoms with E-state index in [0.717, 1.165) is 5.92 Å². The van der Waals surface area contributed by atoms with E-state index in [1.807, 2.05) is 13.8 Å². The maximum atomic E-state index is 12.0. The van der Waals surface area contributed by atoms with E-state index in [1.54, 1.807) is 6.92 Å². The van der Waals surface area contributed by atoms with Crippen molar-refractivity contribution >= 4 is 11.9 Å². The van der Waals surface area contributed by atoms with Gasteiger partial charge in [-0.15, -0.1) is 0 Å². The van der Waals surface area contributed by atoms with Crippen molar-refractivity contribution in [2.45, 2.75) is 59.8 Å². The average molecular weight is 283 g/mol. The fourth-order valence-corrected chi connectivity index (χ4v) is 2.93. The van der Waals surface area contributed by atoms with Gasteiger partial charge in [0, 0.05) is 13.0 Å². The molecule has 0 spiro atoms. The third-order valence-corrected chi connectivity index (χ3v) is 4.92. The van der Waals surface area contributed by atoms with Crippen LogP contribution >= 0.6 is 0 Å². The van der Waals surface area contributed by atoms with Gasteiger partial charge in [0.05, 0.1) is 5.41 Å². The Morgan fingerprint density at radius 3 is 2.50 bits per heavy atom. The van der Waals surface area contributed by atoms with Crippen molar-refractivity contribution in [1.29, 1.82) is 0 Å². The van der Waals surface area contributed by atoms with Crippen LogP contribution in [0.1, 0.15) is 59.8 Å². The Balaban J connectivity index is 2.44. The second-order valence-electron chi connectivity index (χ2n) is 7.00. The Bertz CT molecular complexity index is 354. The Hall–Kier alpha value is -1.06. The fourth-order valence-electron chi connectivity index (χ4n) is 2.93. The molecule has 0 aromatic carbocycles. The molecule has 0 bridgehead atoms. The number of carboxylic acids is 1. The van der Waals surface area contributed by atoms with Crippen LogP contribution in [0.2, 0.25) is 0 Å². The Labute approximate surface area is 122 Å². The second-order valence-corrected chi connectivity index (χ2v) is 7.00. The molecule has 1 aliphatic rings. The summed E-state index contributed by atoms with van der Waals surface area (Å²) in [6, 6.07) is 0. The van der Waals surface area contributed by atoms with Crippen LogP contribution in [-0.2, 0) is 9.59 Å². The van der Waals surface area contributed by atoms with Crippen molar-refractivity contribution in [3.63, 3.8) is 0 Å². The van der Waals surface area contributed by atoms with Crippen molar-refractivity contribution in [2.24, 2.45) is 23.2 Å². The summed E-state index contributed by atoms with van der Waals surface area (Å²) in [6.07, 6.45) is 4.92. The van der Waals surface area contributed by atoms with Crippen LogP contribution in [-0.4, -0.2) is 23.5 Å². The summed E-state index contributed by atoms with van der Waals surface area (Å²) in [7, 11) is 0. The maximum Gasteiger partial charge on any atom is 0.310 e. The third kappa shape index (κ3) is 4.50. The molecule has 0 aromatic rings. The molecule has 116 valence electrons. The minimum Gasteiger partial charge on any atom is -0.481 e. The van der Waals surface area contributed by atoms with E-state index in [0.29, 0.717) is 12.5 Å². The van der Waals surface area contributed by atoms with Gasteiger partial charge in [-0.3, -0.25) is 9.59 Å². The van der Waals surface area contributed by atoms with Crippen LogP contribution in [0, 0.1) is 23.2 Å². The first-order chi connectivity index (χ1) is 9.25. The van der Waals surface area contributed by atoms with Crippen molar-refractivity contribution in [3.8, 4) is 0 Å². The average Bonchev–Trinajstić information content (AvgIpc) is 2.36. The molecule has 3 unspecified atom stereocenters. The van der Waals surface area contributed by atoms with E-state index < -0.39 is 11.4 Å². The second kappa shape index (κ2) is 7.09. The summed E-state index contributed by atoms with van der Waals surface area (Å²) < 4.78 is 0. The predicted octanol–water partition coefficient (Wildman–Crippen LogP) is 3.07.